The molecule has 0 fully saturated rings. The monoisotopic (exact) mass is 2520 g/mol. The van der Waals surface area contributed by atoms with E-state index in [0.29, 0.717) is 0 Å². The molecule has 0 aliphatic rings. The zero-order valence-electron chi connectivity index (χ0n) is 37.4. The summed E-state index contributed by atoms with van der Waals surface area (Å²) in [6, 6.07) is 0. The van der Waals surface area contributed by atoms with Crippen molar-refractivity contribution in [2.45, 2.75) is 75.5 Å². The van der Waals surface area contributed by atoms with Gasteiger partial charge in [0.25, 0.3) is 0 Å². The second kappa shape index (κ2) is 141. The van der Waals surface area contributed by atoms with Crippen molar-refractivity contribution in [2.75, 3.05) is 78.5 Å². The van der Waals surface area contributed by atoms with Crippen LogP contribution >= 0.6 is 0 Å². The molecule has 0 amide bonds. The molecule has 0 aromatic carbocycles. The molecule has 50 N–H and O–H groups in total. The van der Waals surface area contributed by atoms with Crippen molar-refractivity contribution in [1.82, 2.24) is 31.9 Å². The van der Waals surface area contributed by atoms with Gasteiger partial charge in [-0.05, 0) is 0 Å². The second-order valence-electron chi connectivity index (χ2n) is 9.72. The summed E-state index contributed by atoms with van der Waals surface area (Å²) in [6.45, 7) is -0.695. The number of rotatable bonds is 24. The Morgan fingerprint density at radius 3 is 0.213 bits per heavy atom. The molecule has 0 saturated heterocycles. The van der Waals surface area contributed by atoms with Crippen LogP contribution in [0.4, 0.5) is 0 Å². The maximum Gasteiger partial charge on any atom is 2.00 e. The van der Waals surface area contributed by atoms with Gasteiger partial charge in [0.2, 0.25) is 0 Å². The van der Waals surface area contributed by atoms with Crippen LogP contribution in [0.15, 0.2) is 0 Å². The van der Waals surface area contributed by atoms with Gasteiger partial charge in [-0.25, -0.2) is 0 Å². The van der Waals surface area contributed by atoms with Crippen LogP contribution in [0.2, 0.25) is 0 Å². The Hall–Kier alpha value is 9.93. The number of aliphatic hydroxyl groups is 24. The van der Waals surface area contributed by atoms with Crippen molar-refractivity contribution in [3.05, 3.63) is 0 Å². The van der Waals surface area contributed by atoms with Gasteiger partial charge in [-0.2, -0.15) is 0 Å². The molecule has 0 atom stereocenters. The van der Waals surface area contributed by atoms with Gasteiger partial charge in [-0.1, -0.05) is 0 Å². The van der Waals surface area contributed by atoms with E-state index in [9.17, 15) is 0 Å². The van der Waals surface area contributed by atoms with Gasteiger partial charge >= 0.3 is 51.2 Å². The summed E-state index contributed by atoms with van der Waals surface area (Å²) in [5.41, 5.74) is 0. The Bertz CT molecular complexity index is 550. The molecule has 0 bridgehead atoms. The summed E-state index contributed by atoms with van der Waals surface area (Å²) in [7, 11) is 0. The summed E-state index contributed by atoms with van der Waals surface area (Å²) in [4.78, 5) is 0. The van der Waals surface area contributed by atoms with Gasteiger partial charge in [-0.3, -0.25) is 0 Å². The first-order chi connectivity index (χ1) is 24.8. The molecule has 0 aliphatic carbocycles. The molecule has 0 aromatic rings. The average molecular weight is 2530 g/mol. The third-order valence-electron chi connectivity index (χ3n) is 3.92. The van der Waals surface area contributed by atoms with Gasteiger partial charge in [0, 0.05) is 377 Å². The fourth-order valence-electron chi connectivity index (χ4n) is 2.05. The Balaban J connectivity index is -0.0000000140. The minimum atomic E-state index is -1.44. The fraction of sp³-hybridized carbons (Fsp3) is 1.00. The Labute approximate surface area is 699 Å². The van der Waals surface area contributed by atoms with Crippen LogP contribution in [-0.2, 0) is 51.2 Å². The summed E-state index contributed by atoms with van der Waals surface area (Å²) >= 11 is 0. The van der Waals surface area contributed by atoms with E-state index >= 15 is 0 Å². The Kier molecular flexibility index (Phi) is 336. The third-order valence-corrected chi connectivity index (χ3v) is 3.92. The molecule has 0 rings (SSSR count). The van der Waals surface area contributed by atoms with Crippen molar-refractivity contribution >= 4 is 0 Å². The van der Waals surface area contributed by atoms with Crippen LogP contribution in [0.25, 0.3) is 0 Å². The second-order valence-corrected chi connectivity index (χ2v) is 9.72. The average Bonchev–Trinajstić information content (AvgIpc) is 2.96. The zero-order valence-corrected chi connectivity index (χ0v) is 55.0. The van der Waals surface area contributed by atoms with E-state index in [1.807, 2.05) is 0 Å². The molecular weight excluding hydrogens is 2440 g/mol. The summed E-state index contributed by atoms with van der Waals surface area (Å²) in [5.74, 6) is 0. The van der Waals surface area contributed by atoms with E-state index in [1.165, 1.54) is 0 Å². The van der Waals surface area contributed by atoms with E-state index in [4.69, 9.17) is 123 Å². The van der Waals surface area contributed by atoms with Crippen molar-refractivity contribution in [3.8, 4) is 0 Å². The predicted octanol–water partition coefficient (Wildman–Crippen LogP) is -25.1. The van der Waals surface area contributed by atoms with E-state index in [1.54, 1.807) is 0 Å². The van der Waals surface area contributed by atoms with Crippen LogP contribution in [0.1, 0.15) is 0 Å². The van der Waals surface area contributed by atoms with Crippen LogP contribution in [0, 0.1) is 298 Å². The first-order valence-corrected chi connectivity index (χ1v) is 15.3. The third kappa shape index (κ3) is 267. The van der Waals surface area contributed by atoms with Gasteiger partial charge in [0.1, 0.15) is 0 Å². The van der Waals surface area contributed by atoms with Crippen molar-refractivity contribution < 1.29 is 527 Å². The fourth-order valence-corrected chi connectivity index (χ4v) is 2.05. The standard InChI is InChI=1S/6C4H11NO4.3Cu.8Er.10H2O/c6*6-3(7)1-5-2-4(8)9;;;;;;;;;;;;;;;;;;;;;/h6*3-9H,1-2H2;;;;;;;;;;;;10*1H2/q;;;;;;3*+2;;;;;;;;;;;;;;;;;;. The van der Waals surface area contributed by atoms with Gasteiger partial charge in [-0.15, -0.1) is 0 Å². The molecule has 0 saturated carbocycles. The molecule has 75 heavy (non-hydrogen) atoms. The number of hydrogen-bond acceptors (Lipinski definition) is 30. The Morgan fingerprint density at radius 2 is 0.187 bits per heavy atom. The first-order valence-electron chi connectivity index (χ1n) is 15.3. The molecule has 0 aliphatic heterocycles. The van der Waals surface area contributed by atoms with E-state index in [-0.39, 0.29) is 483 Å². The quantitative estimate of drug-likeness (QED) is 0.0315. The molecule has 0 unspecified atom stereocenters. The number of aliphatic hydroxyl groups excluding tert-OH is 12. The SMILES string of the molecule is O.O.O.O.O.O.O.O.O.O.OC(O)CNCC(O)O.OC(O)CNCC(O)O.OC(O)CNCC(O)O.OC(O)CNCC(O)O.OC(O)CNCC(O)O.OC(O)CNCC(O)O.[Cu+2].[Cu+2].[Cu+2].[Er].[Er].[Er].[Er].[Er].[Er].[Er].[Er]. The first kappa shape index (κ1) is 178. The molecule has 40 nitrogen and oxygen atoms in total. The van der Waals surface area contributed by atoms with Crippen LogP contribution < -0.4 is 31.9 Å². The van der Waals surface area contributed by atoms with Gasteiger partial charge < -0.3 is 209 Å². The Morgan fingerprint density at radius 1 is 0.147 bits per heavy atom. The summed E-state index contributed by atoms with van der Waals surface area (Å²) in [6.07, 6.45) is -17.3. The van der Waals surface area contributed by atoms with Crippen molar-refractivity contribution in [3.63, 3.8) is 0 Å². The smallest absolute Gasteiger partial charge is 0.412 e. The van der Waals surface area contributed by atoms with Gasteiger partial charge in [0.15, 0.2) is 75.5 Å². The van der Waals surface area contributed by atoms with E-state index in [2.05, 4.69) is 31.9 Å². The minimum absolute atomic E-state index is 0. The van der Waals surface area contributed by atoms with Crippen molar-refractivity contribution in [2.24, 2.45) is 0 Å². The molecule has 0 aromatic heterocycles. The molecule has 539 valence electrons. The van der Waals surface area contributed by atoms with Crippen LogP contribution in [-0.4, -0.2) is 331 Å². The molecule has 3 radical (unpaired) electrons. The summed E-state index contributed by atoms with van der Waals surface area (Å²) in [5, 5.41) is 211. The molecule has 51 heteroatoms. The number of hydrogen-bond donors (Lipinski definition) is 30. The largest absolute Gasteiger partial charge is 2.00 e. The van der Waals surface area contributed by atoms with Crippen LogP contribution in [0.5, 0.6) is 0 Å². The zero-order chi connectivity index (χ0) is 43.7. The minimum Gasteiger partial charge on any atom is -0.412 e. The molecular formula is C24H86Cu3Er8N6O34+6. The topological polar surface area (TPSA) is 873 Å². The van der Waals surface area contributed by atoms with E-state index < -0.39 is 75.5 Å². The van der Waals surface area contributed by atoms with Gasteiger partial charge in [0.05, 0.1) is 0 Å². The van der Waals surface area contributed by atoms with E-state index in [0.717, 1.165) is 0 Å². The molecule has 0 heterocycles. The molecule has 0 spiro atoms. The summed E-state index contributed by atoms with van der Waals surface area (Å²) < 4.78 is 0. The van der Waals surface area contributed by atoms with Crippen molar-refractivity contribution in [1.29, 1.82) is 0 Å². The maximum atomic E-state index is 8.20. The van der Waals surface area contributed by atoms with Crippen LogP contribution in [0.3, 0.4) is 0 Å². The predicted molar refractivity (Wildman–Crippen MR) is 212 cm³/mol. The normalized spacial score (nSPS) is 8.16. The number of nitrogens with one attached hydrogen (secondary N) is 6. The maximum absolute atomic E-state index is 8.20.